The molecule has 2 N–H and O–H groups in total. The molecule has 0 unspecified atom stereocenters. The van der Waals surface area contributed by atoms with Crippen LogP contribution in [0, 0.1) is 5.92 Å². The van der Waals surface area contributed by atoms with Crippen molar-refractivity contribution in [3.8, 4) is 0 Å². The third-order valence-electron chi connectivity index (χ3n) is 3.50. The summed E-state index contributed by atoms with van der Waals surface area (Å²) in [4.78, 5) is 6.65. The Bertz CT molecular complexity index is 369. The van der Waals surface area contributed by atoms with Gasteiger partial charge in [-0.1, -0.05) is 6.92 Å². The Hall–Kier alpha value is -1.14. The zero-order chi connectivity index (χ0) is 13.5. The lowest BCUT2D eigenvalue weighted by Gasteiger charge is -2.31. The Morgan fingerprint density at radius 2 is 2.42 bits per heavy atom. The van der Waals surface area contributed by atoms with E-state index in [0.29, 0.717) is 24.4 Å². The maximum atomic E-state index is 9.19. The van der Waals surface area contributed by atoms with Crippen molar-refractivity contribution < 1.29 is 9.63 Å². The SMILES string of the molecule is CCCc1nc(NCCN2CCC[C@H](CO)C2)no1. The molecule has 6 nitrogen and oxygen atoms in total. The van der Waals surface area contributed by atoms with Crippen LogP contribution < -0.4 is 5.32 Å². The van der Waals surface area contributed by atoms with E-state index < -0.39 is 0 Å². The van der Waals surface area contributed by atoms with Crippen molar-refractivity contribution in [3.05, 3.63) is 5.89 Å². The number of piperidine rings is 1. The molecule has 1 aromatic heterocycles. The third-order valence-corrected chi connectivity index (χ3v) is 3.50. The largest absolute Gasteiger partial charge is 0.396 e. The van der Waals surface area contributed by atoms with Crippen molar-refractivity contribution >= 4 is 5.95 Å². The van der Waals surface area contributed by atoms with Crippen LogP contribution in [0.2, 0.25) is 0 Å². The zero-order valence-electron chi connectivity index (χ0n) is 11.6. The molecule has 19 heavy (non-hydrogen) atoms. The molecule has 0 aliphatic carbocycles. The van der Waals surface area contributed by atoms with Gasteiger partial charge in [0.2, 0.25) is 5.89 Å². The summed E-state index contributed by atoms with van der Waals surface area (Å²) in [7, 11) is 0. The first-order valence-corrected chi connectivity index (χ1v) is 7.21. The van der Waals surface area contributed by atoms with Crippen LogP contribution in [0.4, 0.5) is 5.95 Å². The fourth-order valence-electron chi connectivity index (χ4n) is 2.47. The van der Waals surface area contributed by atoms with E-state index in [9.17, 15) is 5.11 Å². The number of aliphatic hydroxyl groups excluding tert-OH is 1. The van der Waals surface area contributed by atoms with Gasteiger partial charge < -0.3 is 19.8 Å². The molecule has 0 radical (unpaired) electrons. The highest BCUT2D eigenvalue weighted by Crippen LogP contribution is 2.15. The molecular formula is C13H24N4O2. The average Bonchev–Trinajstić information content (AvgIpc) is 2.87. The van der Waals surface area contributed by atoms with Gasteiger partial charge in [-0.15, -0.1) is 0 Å². The number of rotatable bonds is 7. The van der Waals surface area contributed by atoms with Crippen molar-refractivity contribution in [2.45, 2.75) is 32.6 Å². The Kier molecular flexibility index (Phi) is 5.60. The van der Waals surface area contributed by atoms with Crippen molar-refractivity contribution in [2.75, 3.05) is 38.1 Å². The number of hydrogen-bond donors (Lipinski definition) is 2. The topological polar surface area (TPSA) is 74.4 Å². The summed E-state index contributed by atoms with van der Waals surface area (Å²) in [6.45, 7) is 6.26. The normalized spacial score (nSPS) is 20.6. The fraction of sp³-hybridized carbons (Fsp3) is 0.846. The molecular weight excluding hydrogens is 244 g/mol. The van der Waals surface area contributed by atoms with Gasteiger partial charge in [0.15, 0.2) is 0 Å². The van der Waals surface area contributed by atoms with Gasteiger partial charge in [-0.25, -0.2) is 0 Å². The van der Waals surface area contributed by atoms with Crippen molar-refractivity contribution in [2.24, 2.45) is 5.92 Å². The second kappa shape index (κ2) is 7.45. The maximum Gasteiger partial charge on any atom is 0.263 e. The van der Waals surface area contributed by atoms with Gasteiger partial charge >= 0.3 is 0 Å². The van der Waals surface area contributed by atoms with Gasteiger partial charge in [0.25, 0.3) is 5.95 Å². The van der Waals surface area contributed by atoms with E-state index in [1.165, 1.54) is 6.42 Å². The lowest BCUT2D eigenvalue weighted by molar-refractivity contribution is 0.123. The van der Waals surface area contributed by atoms with Crippen LogP contribution in [0.25, 0.3) is 0 Å². The van der Waals surface area contributed by atoms with Gasteiger partial charge in [0, 0.05) is 32.7 Å². The lowest BCUT2D eigenvalue weighted by Crippen LogP contribution is -2.39. The number of aryl methyl sites for hydroxylation is 1. The summed E-state index contributed by atoms with van der Waals surface area (Å²) < 4.78 is 5.11. The Balaban J connectivity index is 1.67. The molecule has 1 aliphatic heterocycles. The van der Waals surface area contributed by atoms with Gasteiger partial charge in [-0.3, -0.25) is 0 Å². The molecule has 2 heterocycles. The molecule has 2 rings (SSSR count). The van der Waals surface area contributed by atoms with Gasteiger partial charge in [0.05, 0.1) is 0 Å². The molecule has 1 aliphatic rings. The molecule has 6 heteroatoms. The van der Waals surface area contributed by atoms with Crippen molar-refractivity contribution in [1.29, 1.82) is 0 Å². The van der Waals surface area contributed by atoms with E-state index >= 15 is 0 Å². The number of hydrogen-bond acceptors (Lipinski definition) is 6. The predicted octanol–water partition coefficient (Wildman–Crippen LogP) is 1.14. The maximum absolute atomic E-state index is 9.19. The number of nitrogens with zero attached hydrogens (tertiary/aromatic N) is 3. The van der Waals surface area contributed by atoms with Crippen LogP contribution in [0.1, 0.15) is 32.1 Å². The molecule has 1 saturated heterocycles. The second-order valence-corrected chi connectivity index (χ2v) is 5.18. The van der Waals surface area contributed by atoms with Gasteiger partial charge in [-0.05, 0) is 36.9 Å². The number of aromatic nitrogens is 2. The summed E-state index contributed by atoms with van der Waals surface area (Å²) in [6.07, 6.45) is 4.16. The quantitative estimate of drug-likeness (QED) is 0.772. The van der Waals surface area contributed by atoms with Crippen LogP contribution >= 0.6 is 0 Å². The van der Waals surface area contributed by atoms with Crippen molar-refractivity contribution in [1.82, 2.24) is 15.0 Å². The van der Waals surface area contributed by atoms with E-state index in [-0.39, 0.29) is 0 Å². The minimum Gasteiger partial charge on any atom is -0.396 e. The first-order chi connectivity index (χ1) is 9.31. The zero-order valence-corrected chi connectivity index (χ0v) is 11.6. The molecule has 1 aromatic rings. The highest BCUT2D eigenvalue weighted by Gasteiger charge is 2.18. The van der Waals surface area contributed by atoms with Crippen LogP contribution in [0.3, 0.4) is 0 Å². The minimum absolute atomic E-state index is 0.301. The van der Waals surface area contributed by atoms with E-state index in [4.69, 9.17) is 4.52 Å². The molecule has 0 amide bonds. The van der Waals surface area contributed by atoms with Gasteiger partial charge in [-0.2, -0.15) is 4.98 Å². The highest BCUT2D eigenvalue weighted by atomic mass is 16.5. The Morgan fingerprint density at radius 3 is 3.21 bits per heavy atom. The highest BCUT2D eigenvalue weighted by molar-refractivity contribution is 5.20. The summed E-state index contributed by atoms with van der Waals surface area (Å²) >= 11 is 0. The van der Waals surface area contributed by atoms with E-state index in [1.807, 2.05) is 0 Å². The van der Waals surface area contributed by atoms with Crippen LogP contribution in [-0.2, 0) is 6.42 Å². The van der Waals surface area contributed by atoms with E-state index in [1.54, 1.807) is 0 Å². The first kappa shape index (κ1) is 14.3. The van der Waals surface area contributed by atoms with Gasteiger partial charge in [0.1, 0.15) is 0 Å². The van der Waals surface area contributed by atoms with E-state index in [0.717, 1.165) is 45.4 Å². The number of nitrogens with one attached hydrogen (secondary N) is 1. The summed E-state index contributed by atoms with van der Waals surface area (Å²) in [5.41, 5.74) is 0. The van der Waals surface area contributed by atoms with E-state index in [2.05, 4.69) is 27.3 Å². The molecule has 0 bridgehead atoms. The minimum atomic E-state index is 0.301. The Morgan fingerprint density at radius 1 is 1.53 bits per heavy atom. The molecule has 0 aromatic carbocycles. The molecule has 108 valence electrons. The molecule has 0 saturated carbocycles. The summed E-state index contributed by atoms with van der Waals surface area (Å²) in [6, 6.07) is 0. The summed E-state index contributed by atoms with van der Waals surface area (Å²) in [5.74, 6) is 1.72. The smallest absolute Gasteiger partial charge is 0.263 e. The van der Waals surface area contributed by atoms with Crippen LogP contribution in [0.5, 0.6) is 0 Å². The van der Waals surface area contributed by atoms with Crippen LogP contribution in [0.15, 0.2) is 4.52 Å². The van der Waals surface area contributed by atoms with Crippen molar-refractivity contribution in [3.63, 3.8) is 0 Å². The predicted molar refractivity (Wildman–Crippen MR) is 73.0 cm³/mol. The monoisotopic (exact) mass is 268 g/mol. The standard InChI is InChI=1S/C13H24N4O2/c1-2-4-12-15-13(16-19-12)14-6-8-17-7-3-5-11(9-17)10-18/h11,18H,2-10H2,1H3,(H,14,16)/t11-/m0/s1. The lowest BCUT2D eigenvalue weighted by atomic mass is 9.99. The summed E-state index contributed by atoms with van der Waals surface area (Å²) in [5, 5.41) is 16.3. The fourth-order valence-corrected chi connectivity index (χ4v) is 2.47. The number of aliphatic hydroxyl groups is 1. The Labute approximate surface area is 114 Å². The molecule has 1 atom stereocenters. The number of likely N-dealkylation sites (tertiary alicyclic amines) is 1. The molecule has 0 spiro atoms. The second-order valence-electron chi connectivity index (χ2n) is 5.18. The third kappa shape index (κ3) is 4.47. The first-order valence-electron chi connectivity index (χ1n) is 7.21. The van der Waals surface area contributed by atoms with Crippen LogP contribution in [-0.4, -0.2) is 52.9 Å². The number of anilines is 1. The average molecular weight is 268 g/mol. The molecule has 1 fully saturated rings.